The Labute approximate surface area is 173 Å². The molecule has 0 fully saturated rings. The van der Waals surface area contributed by atoms with Gasteiger partial charge in [-0.15, -0.1) is 0 Å². The van der Waals surface area contributed by atoms with Crippen LogP contribution in [-0.2, 0) is 6.42 Å². The van der Waals surface area contributed by atoms with Crippen LogP contribution in [0.4, 0.5) is 5.69 Å². The third-order valence-corrected chi connectivity index (χ3v) is 5.93. The van der Waals surface area contributed by atoms with Gasteiger partial charge in [0.15, 0.2) is 11.5 Å². The molecule has 0 saturated heterocycles. The Bertz CT molecular complexity index is 992. The number of fused-ring (bicyclic) bond motifs is 1. The number of rotatable bonds is 4. The Hall–Kier alpha value is -2.94. The van der Waals surface area contributed by atoms with Crippen molar-refractivity contribution in [3.05, 3.63) is 88.5 Å². The number of nitrogens with zero attached hydrogens (tertiary/aromatic N) is 1. The van der Waals surface area contributed by atoms with Crippen molar-refractivity contribution in [3.63, 3.8) is 0 Å². The normalized spacial score (nSPS) is 18.3. The highest BCUT2D eigenvalue weighted by Gasteiger charge is 2.34. The molecule has 0 spiro atoms. The molecular weight excluding hydrogens is 358 g/mol. The molecule has 0 N–H and O–H groups in total. The van der Waals surface area contributed by atoms with E-state index in [9.17, 15) is 0 Å². The van der Waals surface area contributed by atoms with Gasteiger partial charge in [-0.2, -0.15) is 0 Å². The second-order valence-corrected chi connectivity index (χ2v) is 8.02. The molecule has 2 unspecified atom stereocenters. The molecule has 0 bridgehead atoms. The van der Waals surface area contributed by atoms with E-state index in [4.69, 9.17) is 9.47 Å². The Morgan fingerprint density at radius 2 is 1.34 bits per heavy atom. The van der Waals surface area contributed by atoms with Crippen LogP contribution in [-0.4, -0.2) is 20.3 Å². The van der Waals surface area contributed by atoms with Crippen LogP contribution in [0.3, 0.4) is 0 Å². The van der Waals surface area contributed by atoms with Crippen molar-refractivity contribution in [2.75, 3.05) is 19.1 Å². The summed E-state index contributed by atoms with van der Waals surface area (Å²) in [5.74, 6) is 1.58. The maximum absolute atomic E-state index is 5.65. The summed E-state index contributed by atoms with van der Waals surface area (Å²) in [6.07, 6.45) is 0.964. The van der Waals surface area contributed by atoms with E-state index in [0.717, 1.165) is 17.9 Å². The van der Waals surface area contributed by atoms with E-state index in [0.29, 0.717) is 6.04 Å². The zero-order chi connectivity index (χ0) is 20.5. The second-order valence-electron chi connectivity index (χ2n) is 8.02. The Morgan fingerprint density at radius 3 is 1.93 bits per heavy atom. The van der Waals surface area contributed by atoms with E-state index in [1.807, 2.05) is 0 Å². The van der Waals surface area contributed by atoms with Gasteiger partial charge in [-0.3, -0.25) is 0 Å². The number of aryl methyl sites for hydroxylation is 2. The molecule has 1 aliphatic heterocycles. The van der Waals surface area contributed by atoms with Crippen LogP contribution in [0.1, 0.15) is 40.8 Å². The Morgan fingerprint density at radius 1 is 0.793 bits per heavy atom. The molecule has 1 aliphatic rings. The monoisotopic (exact) mass is 387 g/mol. The number of hydrogen-bond acceptors (Lipinski definition) is 3. The van der Waals surface area contributed by atoms with Crippen LogP contribution >= 0.6 is 0 Å². The third-order valence-electron chi connectivity index (χ3n) is 5.93. The first kappa shape index (κ1) is 19.4. The lowest BCUT2D eigenvalue weighted by molar-refractivity contribution is 0.352. The summed E-state index contributed by atoms with van der Waals surface area (Å²) in [7, 11) is 3.40. The van der Waals surface area contributed by atoms with Crippen LogP contribution in [0.15, 0.2) is 60.7 Å². The average molecular weight is 388 g/mol. The van der Waals surface area contributed by atoms with Crippen molar-refractivity contribution in [2.24, 2.45) is 0 Å². The van der Waals surface area contributed by atoms with Crippen LogP contribution in [0.5, 0.6) is 11.5 Å². The zero-order valence-corrected chi connectivity index (χ0v) is 17.9. The third kappa shape index (κ3) is 3.57. The van der Waals surface area contributed by atoms with E-state index >= 15 is 0 Å². The first-order valence-electron chi connectivity index (χ1n) is 10.2. The van der Waals surface area contributed by atoms with Crippen molar-refractivity contribution in [1.29, 1.82) is 0 Å². The van der Waals surface area contributed by atoms with Gasteiger partial charge >= 0.3 is 0 Å². The van der Waals surface area contributed by atoms with Gasteiger partial charge in [0.25, 0.3) is 0 Å². The SMILES string of the molecule is COc1cc2c(cc1OC)C(c1ccc(C)cc1)N(c1ccc(C)cc1)C(C)C2. The molecule has 150 valence electrons. The van der Waals surface area contributed by atoms with Crippen LogP contribution in [0.2, 0.25) is 0 Å². The van der Waals surface area contributed by atoms with E-state index < -0.39 is 0 Å². The minimum Gasteiger partial charge on any atom is -0.493 e. The predicted octanol–water partition coefficient (Wildman–Crippen LogP) is 5.86. The van der Waals surface area contributed by atoms with Crippen LogP contribution < -0.4 is 14.4 Å². The van der Waals surface area contributed by atoms with E-state index in [2.05, 4.69) is 86.3 Å². The van der Waals surface area contributed by atoms with E-state index in [1.165, 1.54) is 33.5 Å². The van der Waals surface area contributed by atoms with Crippen molar-refractivity contribution < 1.29 is 9.47 Å². The molecule has 3 heteroatoms. The predicted molar refractivity (Wildman–Crippen MR) is 119 cm³/mol. The number of hydrogen-bond donors (Lipinski definition) is 0. The van der Waals surface area contributed by atoms with Gasteiger partial charge in [-0.1, -0.05) is 47.5 Å². The van der Waals surface area contributed by atoms with Gasteiger partial charge < -0.3 is 14.4 Å². The van der Waals surface area contributed by atoms with E-state index in [1.54, 1.807) is 14.2 Å². The molecule has 0 radical (unpaired) electrons. The van der Waals surface area contributed by atoms with Gasteiger partial charge in [-0.25, -0.2) is 0 Å². The Kier molecular flexibility index (Phi) is 5.23. The topological polar surface area (TPSA) is 21.7 Å². The summed E-state index contributed by atoms with van der Waals surface area (Å²) < 4.78 is 11.2. The molecule has 0 saturated carbocycles. The fraction of sp³-hybridized carbons (Fsp3) is 0.308. The fourth-order valence-corrected chi connectivity index (χ4v) is 4.40. The second kappa shape index (κ2) is 7.82. The van der Waals surface area contributed by atoms with Crippen LogP contribution in [0.25, 0.3) is 0 Å². The molecule has 3 aromatic carbocycles. The molecule has 3 nitrogen and oxygen atoms in total. The van der Waals surface area contributed by atoms with Crippen LogP contribution in [0, 0.1) is 13.8 Å². The summed E-state index contributed by atoms with van der Waals surface area (Å²) in [6.45, 7) is 6.57. The number of anilines is 1. The molecule has 29 heavy (non-hydrogen) atoms. The van der Waals surface area contributed by atoms with Gasteiger partial charge in [0.05, 0.1) is 20.3 Å². The molecule has 4 rings (SSSR count). The molecule has 0 amide bonds. The van der Waals surface area contributed by atoms with Gasteiger partial charge in [0.1, 0.15) is 0 Å². The Balaban J connectivity index is 1.92. The minimum atomic E-state index is 0.122. The molecule has 0 aromatic heterocycles. The number of ether oxygens (including phenoxy) is 2. The highest BCUT2D eigenvalue weighted by Crippen LogP contribution is 2.44. The largest absolute Gasteiger partial charge is 0.493 e. The van der Waals surface area contributed by atoms with Gasteiger partial charge in [-0.05, 0) is 68.1 Å². The fourth-order valence-electron chi connectivity index (χ4n) is 4.40. The lowest BCUT2D eigenvalue weighted by atomic mass is 9.84. The molecule has 3 aromatic rings. The lowest BCUT2D eigenvalue weighted by Gasteiger charge is -2.44. The lowest BCUT2D eigenvalue weighted by Crippen LogP contribution is -2.42. The first-order chi connectivity index (χ1) is 14.0. The summed E-state index contributed by atoms with van der Waals surface area (Å²) in [4.78, 5) is 2.54. The zero-order valence-electron chi connectivity index (χ0n) is 17.9. The summed E-state index contributed by atoms with van der Waals surface area (Å²) in [5, 5.41) is 0. The minimum absolute atomic E-state index is 0.122. The van der Waals surface area contributed by atoms with Gasteiger partial charge in [0, 0.05) is 11.7 Å². The molecule has 0 aliphatic carbocycles. The van der Waals surface area contributed by atoms with Gasteiger partial charge in [0.2, 0.25) is 0 Å². The maximum atomic E-state index is 5.65. The first-order valence-corrected chi connectivity index (χ1v) is 10.2. The van der Waals surface area contributed by atoms with Crippen molar-refractivity contribution in [2.45, 2.75) is 39.3 Å². The van der Waals surface area contributed by atoms with Crippen molar-refractivity contribution in [3.8, 4) is 11.5 Å². The highest BCUT2D eigenvalue weighted by molar-refractivity contribution is 5.60. The van der Waals surface area contributed by atoms with Crippen molar-refractivity contribution >= 4 is 5.69 Å². The standard InChI is InChI=1S/C26H29NO2/c1-17-6-10-20(11-7-17)26-23-16-25(29-5)24(28-4)15-21(23)14-19(3)27(26)22-12-8-18(2)9-13-22/h6-13,15-16,19,26H,14H2,1-5H3. The maximum Gasteiger partial charge on any atom is 0.161 e. The summed E-state index contributed by atoms with van der Waals surface area (Å²) in [6, 6.07) is 22.5. The quantitative estimate of drug-likeness (QED) is 0.559. The smallest absolute Gasteiger partial charge is 0.161 e. The van der Waals surface area contributed by atoms with Crippen molar-refractivity contribution in [1.82, 2.24) is 0 Å². The number of methoxy groups -OCH3 is 2. The highest BCUT2D eigenvalue weighted by atomic mass is 16.5. The molecular formula is C26H29NO2. The summed E-state index contributed by atoms with van der Waals surface area (Å²) >= 11 is 0. The molecule has 1 heterocycles. The van der Waals surface area contributed by atoms with E-state index in [-0.39, 0.29) is 6.04 Å². The summed E-state index contributed by atoms with van der Waals surface area (Å²) in [5.41, 5.74) is 7.68. The number of benzene rings is 3. The average Bonchev–Trinajstić information content (AvgIpc) is 2.73. The molecule has 2 atom stereocenters.